The number of benzene rings is 1. The van der Waals surface area contributed by atoms with Crippen LogP contribution in [0.2, 0.25) is 0 Å². The fourth-order valence-corrected chi connectivity index (χ4v) is 3.13. The van der Waals surface area contributed by atoms with E-state index in [-0.39, 0.29) is 5.91 Å². The molecule has 138 valence electrons. The zero-order valence-electron chi connectivity index (χ0n) is 14.6. The van der Waals surface area contributed by atoms with Gasteiger partial charge in [-0.2, -0.15) is 4.98 Å². The quantitative estimate of drug-likeness (QED) is 0.651. The van der Waals surface area contributed by atoms with Crippen LogP contribution >= 0.6 is 22.6 Å². The standard InChI is InChI=1S/C17H20IN5O3/c1-19-15-12(18)10-20-17(22-15)21-13-4-3-11(9-14(13)25-2)16(24)23-5-7-26-8-6-23/h3-4,9-10H,5-8H2,1-2H3,(H2,19,20,21,22). The highest BCUT2D eigenvalue weighted by atomic mass is 127. The van der Waals surface area contributed by atoms with Crippen molar-refractivity contribution in [3.63, 3.8) is 0 Å². The minimum atomic E-state index is -0.0267. The second kappa shape index (κ2) is 8.49. The molecule has 1 fully saturated rings. The highest BCUT2D eigenvalue weighted by Gasteiger charge is 2.20. The van der Waals surface area contributed by atoms with Crippen LogP contribution in [-0.2, 0) is 4.74 Å². The van der Waals surface area contributed by atoms with Crippen molar-refractivity contribution in [2.45, 2.75) is 0 Å². The average Bonchev–Trinajstić information content (AvgIpc) is 2.69. The van der Waals surface area contributed by atoms with Crippen LogP contribution in [0.3, 0.4) is 0 Å². The normalized spacial score (nSPS) is 14.0. The SMILES string of the molecule is CNc1nc(Nc2ccc(C(=O)N3CCOCC3)cc2OC)ncc1I. The third-order valence-corrected chi connectivity index (χ3v) is 4.76. The number of nitrogens with zero attached hydrogens (tertiary/aromatic N) is 3. The van der Waals surface area contributed by atoms with Crippen molar-refractivity contribution < 1.29 is 14.3 Å². The Balaban J connectivity index is 1.81. The molecule has 1 amide bonds. The van der Waals surface area contributed by atoms with Crippen LogP contribution in [0.1, 0.15) is 10.4 Å². The lowest BCUT2D eigenvalue weighted by Crippen LogP contribution is -2.40. The van der Waals surface area contributed by atoms with Crippen LogP contribution in [0.25, 0.3) is 0 Å². The molecule has 2 heterocycles. The van der Waals surface area contributed by atoms with Gasteiger partial charge in [-0.3, -0.25) is 4.79 Å². The van der Waals surface area contributed by atoms with Crippen molar-refractivity contribution in [1.82, 2.24) is 14.9 Å². The number of rotatable bonds is 5. The van der Waals surface area contributed by atoms with Crippen molar-refractivity contribution in [3.8, 4) is 5.75 Å². The maximum Gasteiger partial charge on any atom is 0.254 e. The van der Waals surface area contributed by atoms with Gasteiger partial charge in [-0.1, -0.05) is 0 Å². The molecule has 2 N–H and O–H groups in total. The van der Waals surface area contributed by atoms with E-state index in [2.05, 4.69) is 43.2 Å². The summed E-state index contributed by atoms with van der Waals surface area (Å²) in [6.45, 7) is 2.34. The molecule has 0 unspecified atom stereocenters. The summed E-state index contributed by atoms with van der Waals surface area (Å²) >= 11 is 2.16. The summed E-state index contributed by atoms with van der Waals surface area (Å²) in [5.41, 5.74) is 1.27. The lowest BCUT2D eigenvalue weighted by atomic mass is 10.1. The lowest BCUT2D eigenvalue weighted by molar-refractivity contribution is 0.0302. The van der Waals surface area contributed by atoms with E-state index < -0.39 is 0 Å². The molecular weight excluding hydrogens is 449 g/mol. The molecular formula is C17H20IN5O3. The first kappa shape index (κ1) is 18.6. The molecule has 26 heavy (non-hydrogen) atoms. The predicted molar refractivity (Wildman–Crippen MR) is 107 cm³/mol. The summed E-state index contributed by atoms with van der Waals surface area (Å²) in [6, 6.07) is 5.30. The maximum absolute atomic E-state index is 12.6. The van der Waals surface area contributed by atoms with Crippen LogP contribution < -0.4 is 15.4 Å². The van der Waals surface area contributed by atoms with E-state index in [4.69, 9.17) is 9.47 Å². The summed E-state index contributed by atoms with van der Waals surface area (Å²) in [4.78, 5) is 23.1. The predicted octanol–water partition coefficient (Wildman–Crippen LogP) is 2.35. The van der Waals surface area contributed by atoms with E-state index in [1.165, 1.54) is 0 Å². The topological polar surface area (TPSA) is 88.6 Å². The van der Waals surface area contributed by atoms with E-state index in [9.17, 15) is 4.79 Å². The van der Waals surface area contributed by atoms with Crippen molar-refractivity contribution >= 4 is 46.0 Å². The lowest BCUT2D eigenvalue weighted by Gasteiger charge is -2.27. The van der Waals surface area contributed by atoms with Gasteiger partial charge in [0.2, 0.25) is 5.95 Å². The summed E-state index contributed by atoms with van der Waals surface area (Å²) in [5, 5.41) is 6.16. The van der Waals surface area contributed by atoms with Gasteiger partial charge in [0.15, 0.2) is 0 Å². The van der Waals surface area contributed by atoms with Crippen molar-refractivity contribution in [2.24, 2.45) is 0 Å². The van der Waals surface area contributed by atoms with Gasteiger partial charge in [0.05, 0.1) is 29.6 Å². The molecule has 0 aliphatic carbocycles. The minimum absolute atomic E-state index is 0.0267. The fourth-order valence-electron chi connectivity index (χ4n) is 2.60. The number of aromatic nitrogens is 2. The first-order valence-corrected chi connectivity index (χ1v) is 9.22. The fraction of sp³-hybridized carbons (Fsp3) is 0.353. The Labute approximate surface area is 165 Å². The molecule has 1 aromatic heterocycles. The maximum atomic E-state index is 12.6. The van der Waals surface area contributed by atoms with Crippen LogP contribution in [0.15, 0.2) is 24.4 Å². The molecule has 1 aromatic carbocycles. The number of ether oxygens (including phenoxy) is 2. The van der Waals surface area contributed by atoms with Crippen LogP contribution in [0, 0.1) is 3.57 Å². The number of carbonyl (C=O) groups is 1. The Morgan fingerprint density at radius 1 is 1.35 bits per heavy atom. The molecule has 0 spiro atoms. The second-order valence-electron chi connectivity index (χ2n) is 5.58. The third kappa shape index (κ3) is 4.15. The first-order chi connectivity index (χ1) is 12.6. The summed E-state index contributed by atoms with van der Waals surface area (Å²) in [6.07, 6.45) is 1.73. The summed E-state index contributed by atoms with van der Waals surface area (Å²) < 4.78 is 11.7. The van der Waals surface area contributed by atoms with E-state index >= 15 is 0 Å². The van der Waals surface area contributed by atoms with Gasteiger partial charge in [0.25, 0.3) is 5.91 Å². The zero-order valence-corrected chi connectivity index (χ0v) is 16.7. The van der Waals surface area contributed by atoms with E-state index in [0.717, 1.165) is 9.39 Å². The Hall–Kier alpha value is -2.14. The van der Waals surface area contributed by atoms with Gasteiger partial charge in [-0.15, -0.1) is 0 Å². The number of anilines is 3. The molecule has 0 bridgehead atoms. The molecule has 2 aromatic rings. The van der Waals surface area contributed by atoms with Crippen molar-refractivity contribution in [3.05, 3.63) is 33.5 Å². The van der Waals surface area contributed by atoms with Crippen molar-refractivity contribution in [2.75, 3.05) is 51.1 Å². The van der Waals surface area contributed by atoms with Crippen LogP contribution in [0.5, 0.6) is 5.75 Å². The summed E-state index contributed by atoms with van der Waals surface area (Å²) in [5.74, 6) is 1.71. The minimum Gasteiger partial charge on any atom is -0.495 e. The number of methoxy groups -OCH3 is 1. The zero-order chi connectivity index (χ0) is 18.5. The molecule has 0 atom stereocenters. The van der Waals surface area contributed by atoms with E-state index in [0.29, 0.717) is 49.3 Å². The number of morpholine rings is 1. The number of halogens is 1. The number of carbonyl (C=O) groups excluding carboxylic acids is 1. The van der Waals surface area contributed by atoms with Gasteiger partial charge < -0.3 is 25.0 Å². The Morgan fingerprint density at radius 2 is 2.12 bits per heavy atom. The number of amides is 1. The average molecular weight is 469 g/mol. The molecule has 1 saturated heterocycles. The van der Waals surface area contributed by atoms with Gasteiger partial charge >= 0.3 is 0 Å². The largest absolute Gasteiger partial charge is 0.495 e. The monoisotopic (exact) mass is 469 g/mol. The molecule has 8 nitrogen and oxygen atoms in total. The highest BCUT2D eigenvalue weighted by molar-refractivity contribution is 14.1. The molecule has 9 heteroatoms. The Bertz CT molecular complexity index is 796. The molecule has 3 rings (SSSR count). The smallest absolute Gasteiger partial charge is 0.254 e. The molecule has 0 saturated carbocycles. The van der Waals surface area contributed by atoms with Gasteiger partial charge in [-0.05, 0) is 40.8 Å². The molecule has 1 aliphatic heterocycles. The number of hydrogen-bond donors (Lipinski definition) is 2. The van der Waals surface area contributed by atoms with E-state index in [1.54, 1.807) is 43.5 Å². The Morgan fingerprint density at radius 3 is 2.81 bits per heavy atom. The van der Waals surface area contributed by atoms with Crippen molar-refractivity contribution in [1.29, 1.82) is 0 Å². The van der Waals surface area contributed by atoms with Gasteiger partial charge in [0, 0.05) is 31.9 Å². The summed E-state index contributed by atoms with van der Waals surface area (Å²) in [7, 11) is 3.37. The highest BCUT2D eigenvalue weighted by Crippen LogP contribution is 2.29. The molecule has 1 aliphatic rings. The van der Waals surface area contributed by atoms with E-state index in [1.807, 2.05) is 0 Å². The third-order valence-electron chi connectivity index (χ3n) is 3.97. The Kier molecular flexibility index (Phi) is 6.09. The number of hydrogen-bond acceptors (Lipinski definition) is 7. The van der Waals surface area contributed by atoms with Crippen LogP contribution in [0.4, 0.5) is 17.5 Å². The first-order valence-electron chi connectivity index (χ1n) is 8.14. The van der Waals surface area contributed by atoms with Crippen LogP contribution in [-0.4, -0.2) is 61.2 Å². The molecule has 0 radical (unpaired) electrons. The van der Waals surface area contributed by atoms with Gasteiger partial charge in [0.1, 0.15) is 11.6 Å². The number of nitrogens with one attached hydrogen (secondary N) is 2. The second-order valence-corrected chi connectivity index (χ2v) is 6.75. The van der Waals surface area contributed by atoms with Gasteiger partial charge in [-0.25, -0.2) is 4.98 Å².